The van der Waals surface area contributed by atoms with Gasteiger partial charge in [0, 0.05) is 18.2 Å². The topological polar surface area (TPSA) is 55.4 Å². The molecular weight excluding hydrogens is 338 g/mol. The van der Waals surface area contributed by atoms with E-state index in [4.69, 9.17) is 4.74 Å². The van der Waals surface area contributed by atoms with Crippen molar-refractivity contribution in [1.82, 2.24) is 5.32 Å². The zero-order chi connectivity index (χ0) is 19.7. The Balaban J connectivity index is 2.14. The van der Waals surface area contributed by atoms with Gasteiger partial charge in [0.2, 0.25) is 0 Å². The first-order chi connectivity index (χ1) is 12.8. The number of ether oxygens (including phenoxy) is 1. The molecule has 0 bridgehead atoms. The number of carbonyl (C=O) groups excluding carboxylic acids is 2. The first kappa shape index (κ1) is 20.2. The Labute approximate surface area is 160 Å². The Morgan fingerprint density at radius 2 is 1.56 bits per heavy atom. The summed E-state index contributed by atoms with van der Waals surface area (Å²) in [5.41, 5.74) is 1.71. The summed E-state index contributed by atoms with van der Waals surface area (Å²) in [5.74, 6) is -0.658. The maximum Gasteiger partial charge on any atom is 0.331 e. The lowest BCUT2D eigenvalue weighted by Crippen LogP contribution is -2.24. The molecule has 2 rings (SSSR count). The van der Waals surface area contributed by atoms with Gasteiger partial charge in [-0.1, -0.05) is 66.7 Å². The fourth-order valence-corrected chi connectivity index (χ4v) is 2.35. The standard InChI is InChI=1S/C23H25NO3/c1-23(2,3)27-21(25)16-10-15-20(19-13-8-5-9-14-19)22(26)24-17-18-11-6-4-7-12-18/h4-16H,17H2,1-3H3,(H,24,26)/b16-10+,20-15-. The van der Waals surface area contributed by atoms with E-state index >= 15 is 0 Å². The van der Waals surface area contributed by atoms with Gasteiger partial charge in [0.1, 0.15) is 5.60 Å². The van der Waals surface area contributed by atoms with Crippen LogP contribution in [0.15, 0.2) is 78.9 Å². The molecule has 0 unspecified atom stereocenters. The second-order valence-corrected chi connectivity index (χ2v) is 7.01. The summed E-state index contributed by atoms with van der Waals surface area (Å²) >= 11 is 0. The maximum atomic E-state index is 12.7. The normalized spacial score (nSPS) is 12.0. The van der Waals surface area contributed by atoms with Gasteiger partial charge >= 0.3 is 5.97 Å². The minimum Gasteiger partial charge on any atom is -0.457 e. The average molecular weight is 363 g/mol. The van der Waals surface area contributed by atoms with Gasteiger partial charge in [-0.15, -0.1) is 0 Å². The van der Waals surface area contributed by atoms with Crippen LogP contribution in [0.25, 0.3) is 5.57 Å². The summed E-state index contributed by atoms with van der Waals surface area (Å²) in [6.45, 7) is 5.85. The van der Waals surface area contributed by atoms with Gasteiger partial charge in [-0.3, -0.25) is 4.79 Å². The van der Waals surface area contributed by atoms with Crippen molar-refractivity contribution >= 4 is 17.4 Å². The van der Waals surface area contributed by atoms with Crippen LogP contribution in [0.4, 0.5) is 0 Å². The average Bonchev–Trinajstić information content (AvgIpc) is 2.63. The number of benzene rings is 2. The van der Waals surface area contributed by atoms with E-state index in [0.717, 1.165) is 11.1 Å². The molecule has 2 aromatic carbocycles. The Kier molecular flexibility index (Phi) is 7.12. The molecule has 0 atom stereocenters. The summed E-state index contributed by atoms with van der Waals surface area (Å²) in [6.07, 6.45) is 4.48. The van der Waals surface area contributed by atoms with E-state index in [1.807, 2.05) is 60.7 Å². The third-order valence-corrected chi connectivity index (χ3v) is 3.53. The highest BCUT2D eigenvalue weighted by Gasteiger charge is 2.14. The zero-order valence-corrected chi connectivity index (χ0v) is 15.9. The molecule has 0 aliphatic carbocycles. The van der Waals surface area contributed by atoms with Crippen LogP contribution >= 0.6 is 0 Å². The molecule has 0 aromatic heterocycles. The van der Waals surface area contributed by atoms with Crippen molar-refractivity contribution in [3.8, 4) is 0 Å². The summed E-state index contributed by atoms with van der Waals surface area (Å²) in [4.78, 5) is 24.5. The molecule has 0 saturated carbocycles. The smallest absolute Gasteiger partial charge is 0.331 e. The van der Waals surface area contributed by atoms with Gasteiger partial charge in [-0.25, -0.2) is 4.79 Å². The molecular formula is C23H25NO3. The summed E-state index contributed by atoms with van der Waals surface area (Å²) in [6, 6.07) is 19.0. The number of hydrogen-bond acceptors (Lipinski definition) is 3. The van der Waals surface area contributed by atoms with E-state index < -0.39 is 11.6 Å². The zero-order valence-electron chi connectivity index (χ0n) is 15.9. The van der Waals surface area contributed by atoms with Gasteiger partial charge in [0.15, 0.2) is 0 Å². The van der Waals surface area contributed by atoms with Gasteiger partial charge in [-0.05, 0) is 38.0 Å². The van der Waals surface area contributed by atoms with Gasteiger partial charge in [0.05, 0.1) is 0 Å². The maximum absolute atomic E-state index is 12.7. The van der Waals surface area contributed by atoms with Crippen LogP contribution in [0.5, 0.6) is 0 Å². The third kappa shape index (κ3) is 7.32. The molecule has 1 N–H and O–H groups in total. The van der Waals surface area contributed by atoms with Crippen LogP contribution in [0.3, 0.4) is 0 Å². The Hall–Kier alpha value is -3.14. The minimum absolute atomic E-state index is 0.209. The predicted molar refractivity (Wildman–Crippen MR) is 108 cm³/mol. The van der Waals surface area contributed by atoms with Crippen LogP contribution < -0.4 is 5.32 Å². The second-order valence-electron chi connectivity index (χ2n) is 7.01. The molecule has 0 aliphatic heterocycles. The third-order valence-electron chi connectivity index (χ3n) is 3.53. The largest absolute Gasteiger partial charge is 0.457 e. The van der Waals surface area contributed by atoms with Crippen LogP contribution in [0, 0.1) is 0 Å². The van der Waals surface area contributed by atoms with Crippen molar-refractivity contribution in [2.75, 3.05) is 0 Å². The fourth-order valence-electron chi connectivity index (χ4n) is 2.35. The number of allylic oxidation sites excluding steroid dienone is 2. The summed E-state index contributed by atoms with van der Waals surface area (Å²) in [7, 11) is 0. The highest BCUT2D eigenvalue weighted by molar-refractivity contribution is 6.19. The number of carbonyl (C=O) groups is 2. The Bertz CT molecular complexity index is 816. The number of hydrogen-bond donors (Lipinski definition) is 1. The van der Waals surface area contributed by atoms with Crippen molar-refractivity contribution < 1.29 is 14.3 Å². The SMILES string of the molecule is CC(C)(C)OC(=O)/C=C/C=C(\C(=O)NCc1ccccc1)c1ccccc1. The van der Waals surface area contributed by atoms with Gasteiger partial charge in [0.25, 0.3) is 5.91 Å². The van der Waals surface area contributed by atoms with Crippen molar-refractivity contribution in [3.05, 3.63) is 90.0 Å². The monoisotopic (exact) mass is 363 g/mol. The van der Waals surface area contributed by atoms with E-state index in [0.29, 0.717) is 12.1 Å². The van der Waals surface area contributed by atoms with E-state index in [1.54, 1.807) is 32.9 Å². The van der Waals surface area contributed by atoms with Crippen molar-refractivity contribution in [3.63, 3.8) is 0 Å². The molecule has 1 amide bonds. The number of esters is 1. The molecule has 0 fully saturated rings. The molecule has 0 spiro atoms. The fraction of sp³-hybridized carbons (Fsp3) is 0.217. The Morgan fingerprint density at radius 3 is 2.15 bits per heavy atom. The molecule has 140 valence electrons. The molecule has 2 aromatic rings. The van der Waals surface area contributed by atoms with Crippen LogP contribution in [-0.4, -0.2) is 17.5 Å². The van der Waals surface area contributed by atoms with Gasteiger partial charge in [-0.2, -0.15) is 0 Å². The quantitative estimate of drug-likeness (QED) is 0.473. The van der Waals surface area contributed by atoms with E-state index in [-0.39, 0.29) is 5.91 Å². The molecule has 0 saturated heterocycles. The van der Waals surface area contributed by atoms with E-state index in [9.17, 15) is 9.59 Å². The lowest BCUT2D eigenvalue weighted by atomic mass is 10.0. The Morgan fingerprint density at radius 1 is 0.963 bits per heavy atom. The lowest BCUT2D eigenvalue weighted by Gasteiger charge is -2.17. The molecule has 0 heterocycles. The number of rotatable bonds is 6. The van der Waals surface area contributed by atoms with Crippen molar-refractivity contribution in [2.24, 2.45) is 0 Å². The molecule has 0 radical (unpaired) electrons. The highest BCUT2D eigenvalue weighted by atomic mass is 16.6. The first-order valence-electron chi connectivity index (χ1n) is 8.84. The second kappa shape index (κ2) is 9.53. The number of amides is 1. The van der Waals surface area contributed by atoms with Crippen molar-refractivity contribution in [2.45, 2.75) is 32.9 Å². The minimum atomic E-state index is -0.555. The summed E-state index contributed by atoms with van der Waals surface area (Å²) < 4.78 is 5.24. The predicted octanol–water partition coefficient (Wildman–Crippen LogP) is 4.28. The van der Waals surface area contributed by atoms with E-state index in [1.165, 1.54) is 6.08 Å². The molecule has 4 nitrogen and oxygen atoms in total. The van der Waals surface area contributed by atoms with Gasteiger partial charge < -0.3 is 10.1 Å². The van der Waals surface area contributed by atoms with E-state index in [2.05, 4.69) is 5.32 Å². The lowest BCUT2D eigenvalue weighted by molar-refractivity contribution is -0.148. The van der Waals surface area contributed by atoms with Crippen LogP contribution in [0.2, 0.25) is 0 Å². The highest BCUT2D eigenvalue weighted by Crippen LogP contribution is 2.15. The molecule has 4 heteroatoms. The van der Waals surface area contributed by atoms with Crippen molar-refractivity contribution in [1.29, 1.82) is 0 Å². The number of nitrogens with one attached hydrogen (secondary N) is 1. The van der Waals surface area contributed by atoms with Crippen LogP contribution in [0.1, 0.15) is 31.9 Å². The molecule has 27 heavy (non-hydrogen) atoms. The first-order valence-corrected chi connectivity index (χ1v) is 8.84. The summed E-state index contributed by atoms with van der Waals surface area (Å²) in [5, 5.41) is 2.92. The van der Waals surface area contributed by atoms with Crippen LogP contribution in [-0.2, 0) is 20.9 Å². The molecule has 0 aliphatic rings.